The van der Waals surface area contributed by atoms with E-state index in [0.717, 1.165) is 0 Å². The normalized spacial score (nSPS) is 15.2. The zero-order chi connectivity index (χ0) is 15.0. The summed E-state index contributed by atoms with van der Waals surface area (Å²) in [4.78, 5) is 35.4. The summed E-state index contributed by atoms with van der Waals surface area (Å²) in [7, 11) is 0. The molecule has 6 nitrogen and oxygen atoms in total. The molecule has 1 fully saturated rings. The first-order valence-electron chi connectivity index (χ1n) is 7.18. The molecule has 114 valence electrons. The van der Waals surface area contributed by atoms with Crippen LogP contribution in [0, 0.1) is 5.92 Å². The maximum Gasteiger partial charge on any atom is 0.229 e. The second kappa shape index (κ2) is 8.68. The molecule has 20 heavy (non-hydrogen) atoms. The lowest BCUT2D eigenvalue weighted by atomic mass is 10.2. The summed E-state index contributed by atoms with van der Waals surface area (Å²) in [5.74, 6) is 0.188. The van der Waals surface area contributed by atoms with Crippen molar-refractivity contribution in [2.75, 3.05) is 26.3 Å². The van der Waals surface area contributed by atoms with E-state index in [1.165, 1.54) is 4.90 Å². The van der Waals surface area contributed by atoms with E-state index in [1.807, 2.05) is 0 Å². The Labute approximate surface area is 119 Å². The lowest BCUT2D eigenvalue weighted by Gasteiger charge is -2.13. The van der Waals surface area contributed by atoms with Gasteiger partial charge in [0.15, 0.2) is 0 Å². The number of imide groups is 1. The van der Waals surface area contributed by atoms with Gasteiger partial charge in [0.1, 0.15) is 0 Å². The van der Waals surface area contributed by atoms with Crippen LogP contribution in [0.1, 0.15) is 39.5 Å². The topological polar surface area (TPSA) is 75.7 Å². The lowest BCUT2D eigenvalue weighted by Crippen LogP contribution is -2.33. The van der Waals surface area contributed by atoms with E-state index in [4.69, 9.17) is 4.74 Å². The smallest absolute Gasteiger partial charge is 0.229 e. The van der Waals surface area contributed by atoms with Crippen molar-refractivity contribution in [1.29, 1.82) is 0 Å². The minimum Gasteiger partial charge on any atom is -0.381 e. The molecule has 3 amide bonds. The van der Waals surface area contributed by atoms with Gasteiger partial charge in [0.25, 0.3) is 0 Å². The number of ether oxygens (including phenoxy) is 1. The van der Waals surface area contributed by atoms with Crippen LogP contribution in [0.25, 0.3) is 0 Å². The predicted molar refractivity (Wildman–Crippen MR) is 73.9 cm³/mol. The van der Waals surface area contributed by atoms with E-state index < -0.39 is 0 Å². The van der Waals surface area contributed by atoms with Gasteiger partial charge in [-0.3, -0.25) is 19.3 Å². The number of nitrogens with zero attached hydrogens (tertiary/aromatic N) is 1. The van der Waals surface area contributed by atoms with Crippen LogP contribution in [-0.2, 0) is 19.1 Å². The van der Waals surface area contributed by atoms with E-state index in [0.29, 0.717) is 57.9 Å². The Kier molecular flexibility index (Phi) is 7.22. The molecular formula is C14H24N2O4. The summed E-state index contributed by atoms with van der Waals surface area (Å²) in [6.07, 6.45) is 1.57. The molecule has 0 aromatic heterocycles. The van der Waals surface area contributed by atoms with Gasteiger partial charge in [-0.15, -0.1) is 0 Å². The number of carbonyl (C=O) groups is 3. The van der Waals surface area contributed by atoms with Crippen molar-refractivity contribution in [2.24, 2.45) is 5.92 Å². The van der Waals surface area contributed by atoms with Gasteiger partial charge < -0.3 is 10.1 Å². The fraction of sp³-hybridized carbons (Fsp3) is 0.786. The highest BCUT2D eigenvalue weighted by Crippen LogP contribution is 2.11. The molecule has 1 heterocycles. The highest BCUT2D eigenvalue weighted by Gasteiger charge is 2.27. The summed E-state index contributed by atoms with van der Waals surface area (Å²) in [6.45, 7) is 6.06. The number of amides is 3. The molecule has 0 radical (unpaired) electrons. The summed E-state index contributed by atoms with van der Waals surface area (Å²) >= 11 is 0. The Bertz CT molecular complexity index is 339. The van der Waals surface area contributed by atoms with Crippen LogP contribution in [0.15, 0.2) is 0 Å². The van der Waals surface area contributed by atoms with E-state index in [1.54, 1.807) is 0 Å². The molecule has 1 aliphatic heterocycles. The maximum atomic E-state index is 11.5. The van der Waals surface area contributed by atoms with Crippen LogP contribution < -0.4 is 5.32 Å². The van der Waals surface area contributed by atoms with Crippen molar-refractivity contribution in [1.82, 2.24) is 10.2 Å². The fourth-order valence-electron chi connectivity index (χ4n) is 1.91. The van der Waals surface area contributed by atoms with E-state index >= 15 is 0 Å². The highest BCUT2D eigenvalue weighted by molar-refractivity contribution is 6.01. The van der Waals surface area contributed by atoms with Crippen molar-refractivity contribution in [2.45, 2.75) is 39.5 Å². The van der Waals surface area contributed by atoms with Gasteiger partial charge in [0.2, 0.25) is 17.7 Å². The standard InChI is InChI=1S/C14H24N2O4/c1-11(2)10-20-9-6-12(17)15-7-3-8-16-13(18)4-5-14(16)19/h11H,3-10H2,1-2H3,(H,15,17). The van der Waals surface area contributed by atoms with Gasteiger partial charge in [0.05, 0.1) is 6.61 Å². The molecule has 0 unspecified atom stereocenters. The molecule has 1 aliphatic rings. The number of carbonyl (C=O) groups excluding carboxylic acids is 3. The summed E-state index contributed by atoms with van der Waals surface area (Å²) in [6, 6.07) is 0. The first-order chi connectivity index (χ1) is 9.50. The van der Waals surface area contributed by atoms with Gasteiger partial charge in [-0.1, -0.05) is 13.8 Å². The molecule has 0 aromatic rings. The molecule has 1 saturated heterocycles. The molecular weight excluding hydrogens is 260 g/mol. The minimum atomic E-state index is -0.108. The fourth-order valence-corrected chi connectivity index (χ4v) is 1.91. The highest BCUT2D eigenvalue weighted by atomic mass is 16.5. The van der Waals surface area contributed by atoms with Crippen LogP contribution >= 0.6 is 0 Å². The molecule has 0 aromatic carbocycles. The maximum absolute atomic E-state index is 11.5. The first kappa shape index (κ1) is 16.6. The minimum absolute atomic E-state index is 0.0622. The average molecular weight is 284 g/mol. The largest absolute Gasteiger partial charge is 0.381 e. The van der Waals surface area contributed by atoms with Gasteiger partial charge in [-0.25, -0.2) is 0 Å². The van der Waals surface area contributed by atoms with Gasteiger partial charge in [0, 0.05) is 39.0 Å². The van der Waals surface area contributed by atoms with Gasteiger partial charge in [-0.2, -0.15) is 0 Å². The Morgan fingerprint density at radius 2 is 1.95 bits per heavy atom. The van der Waals surface area contributed by atoms with Crippen molar-refractivity contribution >= 4 is 17.7 Å². The molecule has 6 heteroatoms. The monoisotopic (exact) mass is 284 g/mol. The Hall–Kier alpha value is -1.43. The van der Waals surface area contributed by atoms with E-state index in [9.17, 15) is 14.4 Å². The third-order valence-corrected chi connectivity index (χ3v) is 2.96. The summed E-state index contributed by atoms with van der Waals surface area (Å²) in [5.41, 5.74) is 0. The number of rotatable bonds is 9. The quantitative estimate of drug-likeness (QED) is 0.499. The van der Waals surface area contributed by atoms with E-state index in [-0.39, 0.29) is 17.7 Å². The average Bonchev–Trinajstić information content (AvgIpc) is 2.70. The van der Waals surface area contributed by atoms with Crippen LogP contribution in [-0.4, -0.2) is 48.9 Å². The van der Waals surface area contributed by atoms with Crippen LogP contribution in [0.3, 0.4) is 0 Å². The zero-order valence-electron chi connectivity index (χ0n) is 12.3. The molecule has 0 atom stereocenters. The zero-order valence-corrected chi connectivity index (χ0v) is 12.3. The number of nitrogens with one attached hydrogen (secondary N) is 1. The molecule has 0 spiro atoms. The predicted octanol–water partition coefficient (Wildman–Crippen LogP) is 0.704. The third kappa shape index (κ3) is 6.14. The van der Waals surface area contributed by atoms with Crippen molar-refractivity contribution < 1.29 is 19.1 Å². The van der Waals surface area contributed by atoms with Crippen molar-refractivity contribution in [3.63, 3.8) is 0 Å². The number of hydrogen-bond donors (Lipinski definition) is 1. The molecule has 0 aliphatic carbocycles. The van der Waals surface area contributed by atoms with Crippen LogP contribution in [0.5, 0.6) is 0 Å². The second-order valence-corrected chi connectivity index (χ2v) is 5.36. The van der Waals surface area contributed by atoms with Gasteiger partial charge in [-0.05, 0) is 12.3 Å². The Morgan fingerprint density at radius 1 is 1.30 bits per heavy atom. The number of likely N-dealkylation sites (tertiary alicyclic amines) is 1. The first-order valence-corrected chi connectivity index (χ1v) is 7.18. The molecule has 0 saturated carbocycles. The second-order valence-electron chi connectivity index (χ2n) is 5.36. The van der Waals surface area contributed by atoms with Crippen molar-refractivity contribution in [3.8, 4) is 0 Å². The van der Waals surface area contributed by atoms with E-state index in [2.05, 4.69) is 19.2 Å². The number of hydrogen-bond acceptors (Lipinski definition) is 4. The third-order valence-electron chi connectivity index (χ3n) is 2.96. The SMILES string of the molecule is CC(C)COCCC(=O)NCCCN1C(=O)CCC1=O. The van der Waals surface area contributed by atoms with Gasteiger partial charge >= 0.3 is 0 Å². The van der Waals surface area contributed by atoms with Crippen molar-refractivity contribution in [3.05, 3.63) is 0 Å². The lowest BCUT2D eigenvalue weighted by molar-refractivity contribution is -0.138. The Balaban J connectivity index is 2.02. The van der Waals surface area contributed by atoms with Crippen LogP contribution in [0.2, 0.25) is 0 Å². The summed E-state index contributed by atoms with van der Waals surface area (Å²) < 4.78 is 5.32. The Morgan fingerprint density at radius 3 is 2.55 bits per heavy atom. The molecule has 1 N–H and O–H groups in total. The molecule has 1 rings (SSSR count). The summed E-state index contributed by atoms with van der Waals surface area (Å²) in [5, 5.41) is 2.76. The van der Waals surface area contributed by atoms with Crippen LogP contribution in [0.4, 0.5) is 0 Å². The molecule has 0 bridgehead atoms.